The molecule has 1 atom stereocenters. The van der Waals surface area contributed by atoms with Crippen molar-refractivity contribution in [1.29, 1.82) is 0 Å². The van der Waals surface area contributed by atoms with Crippen LogP contribution in [0.15, 0.2) is 46.9 Å². The molecule has 0 N–H and O–H groups in total. The van der Waals surface area contributed by atoms with Crippen molar-refractivity contribution < 1.29 is 18.7 Å². The summed E-state index contributed by atoms with van der Waals surface area (Å²) in [6.45, 7) is 3.70. The summed E-state index contributed by atoms with van der Waals surface area (Å²) < 4.78 is 11.5. The zero-order chi connectivity index (χ0) is 18.9. The lowest BCUT2D eigenvalue weighted by Crippen LogP contribution is -2.55. The Bertz CT molecular complexity index is 832. The number of nitrogens with zero attached hydrogens (tertiary/aromatic N) is 2. The number of hydrogen-bond acceptors (Lipinski definition) is 4. The van der Waals surface area contributed by atoms with E-state index in [0.717, 1.165) is 24.3 Å². The molecule has 2 amide bonds. The normalized spacial score (nSPS) is 23.5. The molecule has 2 fully saturated rings. The molecule has 4 rings (SSSR count). The van der Waals surface area contributed by atoms with Crippen LogP contribution in [0.2, 0.25) is 0 Å². The quantitative estimate of drug-likeness (QED) is 0.817. The van der Waals surface area contributed by atoms with E-state index >= 15 is 0 Å². The van der Waals surface area contributed by atoms with Crippen molar-refractivity contribution in [3.63, 3.8) is 0 Å². The number of benzene rings is 1. The Morgan fingerprint density at radius 3 is 2.63 bits per heavy atom. The average Bonchev–Trinajstić information content (AvgIpc) is 3.02. The van der Waals surface area contributed by atoms with Crippen molar-refractivity contribution in [2.45, 2.75) is 31.8 Å². The van der Waals surface area contributed by atoms with Gasteiger partial charge in [-0.1, -0.05) is 18.2 Å². The van der Waals surface area contributed by atoms with E-state index in [1.807, 2.05) is 47.1 Å². The Kier molecular flexibility index (Phi) is 4.74. The largest absolute Gasteiger partial charge is 0.456 e. The molecule has 6 nitrogen and oxygen atoms in total. The molecule has 3 heterocycles. The molecule has 2 aliphatic rings. The Labute approximate surface area is 158 Å². The lowest BCUT2D eigenvalue weighted by molar-refractivity contribution is -0.140. The molecular formula is C21H24N2O4. The molecule has 1 aromatic heterocycles. The maximum absolute atomic E-state index is 12.7. The van der Waals surface area contributed by atoms with Gasteiger partial charge in [0, 0.05) is 18.8 Å². The summed E-state index contributed by atoms with van der Waals surface area (Å²) in [5, 5.41) is 0. The molecule has 0 saturated carbocycles. The van der Waals surface area contributed by atoms with Gasteiger partial charge in [0.1, 0.15) is 12.4 Å². The van der Waals surface area contributed by atoms with E-state index in [-0.39, 0.29) is 18.4 Å². The molecule has 1 unspecified atom stereocenters. The minimum absolute atomic E-state index is 0.0185. The van der Waals surface area contributed by atoms with E-state index in [9.17, 15) is 9.59 Å². The molecule has 2 saturated heterocycles. The molecule has 6 heteroatoms. The first-order valence-corrected chi connectivity index (χ1v) is 9.41. The molecule has 1 aromatic carbocycles. The molecule has 27 heavy (non-hydrogen) atoms. The Morgan fingerprint density at radius 2 is 1.89 bits per heavy atom. The van der Waals surface area contributed by atoms with Gasteiger partial charge in [0.2, 0.25) is 0 Å². The summed E-state index contributed by atoms with van der Waals surface area (Å²) in [6, 6.07) is 13.2. The zero-order valence-electron chi connectivity index (χ0n) is 15.5. The fourth-order valence-corrected chi connectivity index (χ4v) is 3.94. The Balaban J connectivity index is 1.48. The van der Waals surface area contributed by atoms with E-state index in [4.69, 9.17) is 9.15 Å². The van der Waals surface area contributed by atoms with Gasteiger partial charge in [0.25, 0.3) is 11.8 Å². The van der Waals surface area contributed by atoms with Crippen LogP contribution in [0.3, 0.4) is 0 Å². The van der Waals surface area contributed by atoms with Crippen LogP contribution in [0, 0.1) is 6.92 Å². The number of para-hydroxylation sites is 1. The van der Waals surface area contributed by atoms with Crippen LogP contribution in [0.25, 0.3) is 0 Å². The second kappa shape index (κ2) is 7.19. The highest BCUT2D eigenvalue weighted by molar-refractivity contribution is 5.95. The van der Waals surface area contributed by atoms with E-state index in [0.29, 0.717) is 31.8 Å². The minimum Gasteiger partial charge on any atom is -0.456 e. The molecule has 142 valence electrons. The van der Waals surface area contributed by atoms with Gasteiger partial charge in [-0.05, 0) is 50.5 Å². The molecule has 2 aliphatic heterocycles. The fourth-order valence-electron chi connectivity index (χ4n) is 3.94. The second-order valence-corrected chi connectivity index (χ2v) is 7.34. The van der Waals surface area contributed by atoms with Gasteiger partial charge in [-0.2, -0.15) is 0 Å². The standard InChI is InChI=1S/C21H24N2O4/c1-16-8-9-18(27-16)20(25)22-12-5-10-21(11-13-22)15-23(19(24)14-26-21)17-6-3-2-4-7-17/h2-4,6-9H,5,10-15H2,1H3. The van der Waals surface area contributed by atoms with Crippen molar-refractivity contribution in [2.24, 2.45) is 0 Å². The first-order valence-electron chi connectivity index (χ1n) is 9.41. The molecule has 0 bridgehead atoms. The molecule has 1 spiro atoms. The maximum Gasteiger partial charge on any atom is 0.289 e. The van der Waals surface area contributed by atoms with Crippen LogP contribution in [-0.2, 0) is 9.53 Å². The summed E-state index contributed by atoms with van der Waals surface area (Å²) in [4.78, 5) is 28.7. The minimum atomic E-state index is -0.405. The first kappa shape index (κ1) is 17.8. The number of carbonyl (C=O) groups excluding carboxylic acids is 2. The van der Waals surface area contributed by atoms with Crippen molar-refractivity contribution in [3.05, 3.63) is 54.0 Å². The Hall–Kier alpha value is -2.60. The third kappa shape index (κ3) is 3.62. The van der Waals surface area contributed by atoms with Crippen LogP contribution < -0.4 is 4.90 Å². The SMILES string of the molecule is Cc1ccc(C(=O)N2CCCC3(CC2)CN(c2ccccc2)C(=O)CO3)o1. The predicted molar refractivity (Wildman–Crippen MR) is 101 cm³/mol. The highest BCUT2D eigenvalue weighted by atomic mass is 16.5. The van der Waals surface area contributed by atoms with E-state index in [2.05, 4.69) is 0 Å². The van der Waals surface area contributed by atoms with Crippen molar-refractivity contribution in [3.8, 4) is 0 Å². The number of rotatable bonds is 2. The Morgan fingerprint density at radius 1 is 1.07 bits per heavy atom. The summed E-state index contributed by atoms with van der Waals surface area (Å²) in [6.07, 6.45) is 2.36. The van der Waals surface area contributed by atoms with E-state index < -0.39 is 5.60 Å². The van der Waals surface area contributed by atoms with Crippen LogP contribution >= 0.6 is 0 Å². The number of likely N-dealkylation sites (tertiary alicyclic amines) is 1. The second-order valence-electron chi connectivity index (χ2n) is 7.34. The highest BCUT2D eigenvalue weighted by Gasteiger charge is 2.42. The van der Waals surface area contributed by atoms with Gasteiger partial charge < -0.3 is 19.0 Å². The van der Waals surface area contributed by atoms with E-state index in [1.54, 1.807) is 12.1 Å². The van der Waals surface area contributed by atoms with Gasteiger partial charge in [-0.15, -0.1) is 0 Å². The first-order chi connectivity index (χ1) is 13.1. The topological polar surface area (TPSA) is 63.0 Å². The van der Waals surface area contributed by atoms with Crippen LogP contribution in [0.1, 0.15) is 35.6 Å². The number of ether oxygens (including phenoxy) is 1. The van der Waals surface area contributed by atoms with Crippen molar-refractivity contribution in [1.82, 2.24) is 4.90 Å². The summed E-state index contributed by atoms with van der Waals surface area (Å²) >= 11 is 0. The number of anilines is 1. The van der Waals surface area contributed by atoms with Crippen LogP contribution in [0.5, 0.6) is 0 Å². The van der Waals surface area contributed by atoms with Gasteiger partial charge in [0.05, 0.1) is 12.1 Å². The van der Waals surface area contributed by atoms with Gasteiger partial charge in [-0.3, -0.25) is 9.59 Å². The number of amides is 2. The predicted octanol–water partition coefficient (Wildman–Crippen LogP) is 3.02. The third-order valence-electron chi connectivity index (χ3n) is 5.45. The lowest BCUT2D eigenvalue weighted by Gasteiger charge is -2.42. The lowest BCUT2D eigenvalue weighted by atomic mass is 9.92. The number of morpholine rings is 1. The zero-order valence-corrected chi connectivity index (χ0v) is 15.5. The van der Waals surface area contributed by atoms with E-state index in [1.165, 1.54) is 0 Å². The third-order valence-corrected chi connectivity index (χ3v) is 5.45. The highest BCUT2D eigenvalue weighted by Crippen LogP contribution is 2.33. The molecular weight excluding hydrogens is 344 g/mol. The summed E-state index contributed by atoms with van der Waals surface area (Å²) in [7, 11) is 0. The fraction of sp³-hybridized carbons (Fsp3) is 0.429. The molecule has 0 radical (unpaired) electrons. The maximum atomic E-state index is 12.7. The number of hydrogen-bond donors (Lipinski definition) is 0. The molecule has 2 aromatic rings. The summed E-state index contributed by atoms with van der Waals surface area (Å²) in [5.74, 6) is 1.02. The van der Waals surface area contributed by atoms with Gasteiger partial charge >= 0.3 is 0 Å². The van der Waals surface area contributed by atoms with Gasteiger partial charge in [-0.25, -0.2) is 0 Å². The average molecular weight is 368 g/mol. The van der Waals surface area contributed by atoms with Gasteiger partial charge in [0.15, 0.2) is 5.76 Å². The molecule has 0 aliphatic carbocycles. The number of aryl methyl sites for hydroxylation is 1. The monoisotopic (exact) mass is 368 g/mol. The summed E-state index contributed by atoms with van der Waals surface area (Å²) in [5.41, 5.74) is 0.492. The number of carbonyl (C=O) groups is 2. The van der Waals surface area contributed by atoms with Crippen molar-refractivity contribution in [2.75, 3.05) is 31.1 Å². The van der Waals surface area contributed by atoms with Crippen LogP contribution in [-0.4, -0.2) is 48.6 Å². The van der Waals surface area contributed by atoms with Crippen molar-refractivity contribution >= 4 is 17.5 Å². The van der Waals surface area contributed by atoms with Crippen LogP contribution in [0.4, 0.5) is 5.69 Å². The smallest absolute Gasteiger partial charge is 0.289 e. The number of furan rings is 1.